The summed E-state index contributed by atoms with van der Waals surface area (Å²) in [5, 5.41) is 3.42. The van der Waals surface area contributed by atoms with Crippen molar-refractivity contribution < 1.29 is 4.74 Å². The van der Waals surface area contributed by atoms with Crippen LogP contribution in [0, 0.1) is 0 Å². The Morgan fingerprint density at radius 3 is 2.67 bits per heavy atom. The molecule has 0 fully saturated rings. The number of hydrogen-bond donors (Lipinski definition) is 1. The summed E-state index contributed by atoms with van der Waals surface area (Å²) >= 11 is 8.90. The summed E-state index contributed by atoms with van der Waals surface area (Å²) in [7, 11) is 2.00. The third-order valence-electron chi connectivity index (χ3n) is 3.89. The Hall–Kier alpha value is -0.360. The van der Waals surface area contributed by atoms with Crippen molar-refractivity contribution in [3.8, 4) is 5.75 Å². The van der Waals surface area contributed by atoms with Crippen LogP contribution < -0.4 is 10.1 Å². The predicted molar refractivity (Wildman–Crippen MR) is 95.6 cm³/mol. The zero-order valence-corrected chi connectivity index (χ0v) is 16.2. The summed E-state index contributed by atoms with van der Waals surface area (Å²) in [4.78, 5) is 1.29. The molecule has 5 heteroatoms. The van der Waals surface area contributed by atoms with Crippen LogP contribution in [0.3, 0.4) is 0 Å². The molecule has 1 atom stereocenters. The number of fused-ring (bicyclic) bond motifs is 1. The van der Waals surface area contributed by atoms with Crippen LogP contribution in [-0.4, -0.2) is 13.7 Å². The first-order valence-corrected chi connectivity index (χ1v) is 9.22. The number of thiophene rings is 1. The highest BCUT2D eigenvalue weighted by atomic mass is 79.9. The molecule has 2 aromatic rings. The molecule has 1 aromatic carbocycles. The van der Waals surface area contributed by atoms with E-state index in [-0.39, 0.29) is 11.5 Å². The van der Waals surface area contributed by atoms with Crippen LogP contribution in [0.1, 0.15) is 35.9 Å². The predicted octanol–water partition coefficient (Wildman–Crippen LogP) is 5.25. The van der Waals surface area contributed by atoms with Gasteiger partial charge >= 0.3 is 0 Å². The quantitative estimate of drug-likeness (QED) is 0.717. The Labute approximate surface area is 146 Å². The minimum atomic E-state index is 0.0836. The van der Waals surface area contributed by atoms with Crippen molar-refractivity contribution in [1.82, 2.24) is 5.32 Å². The van der Waals surface area contributed by atoms with Gasteiger partial charge in [0.1, 0.15) is 5.75 Å². The van der Waals surface area contributed by atoms with Crippen LogP contribution in [0.5, 0.6) is 5.75 Å². The number of halogens is 2. The molecular formula is C16H17Br2NOS. The van der Waals surface area contributed by atoms with Gasteiger partial charge in [-0.15, -0.1) is 11.3 Å². The molecule has 1 aliphatic rings. The van der Waals surface area contributed by atoms with Gasteiger partial charge in [0, 0.05) is 20.3 Å². The molecule has 2 heterocycles. The van der Waals surface area contributed by atoms with Crippen molar-refractivity contribution >= 4 is 43.2 Å². The molecule has 0 amide bonds. The molecule has 1 aliphatic heterocycles. The average molecular weight is 431 g/mol. The highest BCUT2D eigenvalue weighted by Crippen LogP contribution is 2.42. The molecule has 0 spiro atoms. The Bertz CT molecular complexity index is 661. The van der Waals surface area contributed by atoms with E-state index in [1.807, 2.05) is 7.05 Å². The second kappa shape index (κ2) is 5.69. The normalized spacial score (nSPS) is 17.4. The van der Waals surface area contributed by atoms with Gasteiger partial charge in [-0.1, -0.05) is 19.9 Å². The first kappa shape index (κ1) is 15.5. The number of nitrogens with one attached hydrogen (secondary N) is 1. The maximum absolute atomic E-state index is 5.78. The summed E-state index contributed by atoms with van der Waals surface area (Å²) in [5.41, 5.74) is 2.66. The van der Waals surface area contributed by atoms with Crippen molar-refractivity contribution in [3.05, 3.63) is 48.5 Å². The van der Waals surface area contributed by atoms with E-state index in [0.29, 0.717) is 0 Å². The first-order valence-electron chi connectivity index (χ1n) is 6.81. The van der Waals surface area contributed by atoms with E-state index in [0.717, 1.165) is 20.6 Å². The molecule has 0 radical (unpaired) electrons. The van der Waals surface area contributed by atoms with Crippen LogP contribution in [0.2, 0.25) is 0 Å². The number of rotatable bonds is 3. The summed E-state index contributed by atoms with van der Waals surface area (Å²) in [5.74, 6) is 1.02. The Kier molecular flexibility index (Phi) is 4.21. The molecule has 21 heavy (non-hydrogen) atoms. The topological polar surface area (TPSA) is 21.3 Å². The van der Waals surface area contributed by atoms with Gasteiger partial charge in [-0.05, 0) is 62.7 Å². The van der Waals surface area contributed by atoms with E-state index in [1.165, 1.54) is 16.0 Å². The fraction of sp³-hybridized carbons (Fsp3) is 0.375. The van der Waals surface area contributed by atoms with Crippen LogP contribution in [0.25, 0.3) is 0 Å². The highest BCUT2D eigenvalue weighted by molar-refractivity contribution is 9.13. The third kappa shape index (κ3) is 2.81. The standard InChI is InChI=1S/C16H17Br2NOS/c1-16(2)8-20-12-5-4-9(6-10(12)16)14(19-3)13-7-11(17)15(18)21-13/h4-7,14,19H,8H2,1-3H3. The van der Waals surface area contributed by atoms with Gasteiger partial charge in [-0.3, -0.25) is 0 Å². The van der Waals surface area contributed by atoms with Crippen LogP contribution in [0.15, 0.2) is 32.5 Å². The monoisotopic (exact) mass is 429 g/mol. The molecule has 2 nitrogen and oxygen atoms in total. The fourth-order valence-electron chi connectivity index (χ4n) is 2.70. The molecular weight excluding hydrogens is 414 g/mol. The van der Waals surface area contributed by atoms with Gasteiger partial charge in [-0.25, -0.2) is 0 Å². The van der Waals surface area contributed by atoms with E-state index < -0.39 is 0 Å². The zero-order chi connectivity index (χ0) is 15.2. The van der Waals surface area contributed by atoms with Crippen LogP contribution in [-0.2, 0) is 5.41 Å². The molecule has 1 unspecified atom stereocenters. The lowest BCUT2D eigenvalue weighted by Gasteiger charge is -2.19. The molecule has 3 rings (SSSR count). The van der Waals surface area contributed by atoms with Crippen LogP contribution in [0.4, 0.5) is 0 Å². The minimum absolute atomic E-state index is 0.0836. The second-order valence-electron chi connectivity index (χ2n) is 5.92. The summed E-state index contributed by atoms with van der Waals surface area (Å²) in [6.07, 6.45) is 0. The van der Waals surface area contributed by atoms with E-state index in [2.05, 4.69) is 75.3 Å². The Morgan fingerprint density at radius 2 is 2.05 bits per heavy atom. The largest absolute Gasteiger partial charge is 0.492 e. The molecule has 0 aliphatic carbocycles. The minimum Gasteiger partial charge on any atom is -0.492 e. The summed E-state index contributed by atoms with van der Waals surface area (Å²) in [6, 6.07) is 8.90. The molecule has 0 saturated carbocycles. The van der Waals surface area contributed by atoms with Crippen molar-refractivity contribution in [2.45, 2.75) is 25.3 Å². The van der Waals surface area contributed by atoms with Gasteiger partial charge in [0.2, 0.25) is 0 Å². The van der Waals surface area contributed by atoms with E-state index in [4.69, 9.17) is 4.74 Å². The Balaban J connectivity index is 2.03. The maximum atomic E-state index is 5.78. The maximum Gasteiger partial charge on any atom is 0.123 e. The molecule has 0 saturated heterocycles. The van der Waals surface area contributed by atoms with E-state index in [1.54, 1.807) is 11.3 Å². The fourth-order valence-corrected chi connectivity index (χ4v) is 4.92. The molecule has 1 N–H and O–H groups in total. The van der Waals surface area contributed by atoms with Gasteiger partial charge in [0.15, 0.2) is 0 Å². The van der Waals surface area contributed by atoms with E-state index >= 15 is 0 Å². The number of hydrogen-bond acceptors (Lipinski definition) is 3. The highest BCUT2D eigenvalue weighted by Gasteiger charge is 2.32. The summed E-state index contributed by atoms with van der Waals surface area (Å²) < 4.78 is 8.01. The lowest BCUT2D eigenvalue weighted by Crippen LogP contribution is -2.20. The van der Waals surface area contributed by atoms with Gasteiger partial charge in [0.05, 0.1) is 16.4 Å². The van der Waals surface area contributed by atoms with Crippen molar-refractivity contribution in [2.24, 2.45) is 0 Å². The lowest BCUT2D eigenvalue weighted by atomic mass is 9.85. The third-order valence-corrected chi connectivity index (χ3v) is 7.21. The molecule has 0 bridgehead atoms. The molecule has 1 aromatic heterocycles. The van der Waals surface area contributed by atoms with Crippen molar-refractivity contribution in [3.63, 3.8) is 0 Å². The average Bonchev–Trinajstić information content (AvgIpc) is 2.92. The SMILES string of the molecule is CNC(c1ccc2c(c1)C(C)(C)CO2)c1cc(Br)c(Br)s1. The first-order chi connectivity index (χ1) is 9.92. The van der Waals surface area contributed by atoms with Gasteiger partial charge < -0.3 is 10.1 Å². The van der Waals surface area contributed by atoms with E-state index in [9.17, 15) is 0 Å². The van der Waals surface area contributed by atoms with Crippen molar-refractivity contribution in [1.29, 1.82) is 0 Å². The molecule has 112 valence electrons. The Morgan fingerprint density at radius 1 is 1.29 bits per heavy atom. The lowest BCUT2D eigenvalue weighted by molar-refractivity contribution is 0.291. The van der Waals surface area contributed by atoms with Crippen LogP contribution >= 0.6 is 43.2 Å². The number of ether oxygens (including phenoxy) is 1. The zero-order valence-electron chi connectivity index (χ0n) is 12.2. The second-order valence-corrected chi connectivity index (χ2v) is 9.18. The number of benzene rings is 1. The van der Waals surface area contributed by atoms with Gasteiger partial charge in [-0.2, -0.15) is 0 Å². The summed E-state index contributed by atoms with van der Waals surface area (Å²) in [6.45, 7) is 5.22. The smallest absolute Gasteiger partial charge is 0.123 e. The van der Waals surface area contributed by atoms with Gasteiger partial charge in [0.25, 0.3) is 0 Å². The van der Waals surface area contributed by atoms with Crippen molar-refractivity contribution in [2.75, 3.05) is 13.7 Å².